The van der Waals surface area contributed by atoms with Gasteiger partial charge in [0.05, 0.1) is 16.3 Å². The molecule has 8 heteroatoms. The zero-order valence-electron chi connectivity index (χ0n) is 13.6. The monoisotopic (exact) mass is 374 g/mol. The Morgan fingerprint density at radius 1 is 1.28 bits per heavy atom. The van der Waals surface area contributed by atoms with Gasteiger partial charge in [0.1, 0.15) is 0 Å². The van der Waals surface area contributed by atoms with Crippen LogP contribution in [-0.2, 0) is 4.79 Å². The summed E-state index contributed by atoms with van der Waals surface area (Å²) in [6.45, 7) is 3.65. The topological polar surface area (TPSA) is 80.9 Å². The minimum Gasteiger partial charge on any atom is -0.334 e. The van der Waals surface area contributed by atoms with Gasteiger partial charge in [0, 0.05) is 16.9 Å². The van der Waals surface area contributed by atoms with Crippen LogP contribution < -0.4 is 5.32 Å². The summed E-state index contributed by atoms with van der Waals surface area (Å²) in [6, 6.07) is 9.00. The molecular weight excluding hydrogens is 360 g/mol. The number of anilines is 1. The highest BCUT2D eigenvalue weighted by atomic mass is 35.5. The van der Waals surface area contributed by atoms with Gasteiger partial charge in [-0.05, 0) is 49.7 Å². The predicted molar refractivity (Wildman–Crippen MR) is 97.8 cm³/mol. The number of aryl methyl sites for hydroxylation is 2. The maximum Gasteiger partial charge on any atom is 0.259 e. The van der Waals surface area contributed by atoms with Gasteiger partial charge >= 0.3 is 0 Å². The predicted octanol–water partition coefficient (Wildman–Crippen LogP) is 4.13. The number of rotatable bonds is 5. The third kappa shape index (κ3) is 4.58. The number of benzene rings is 1. The first-order valence-electron chi connectivity index (χ1n) is 7.47. The van der Waals surface area contributed by atoms with Crippen LogP contribution in [0.5, 0.6) is 0 Å². The van der Waals surface area contributed by atoms with Crippen molar-refractivity contribution in [2.75, 3.05) is 11.1 Å². The lowest BCUT2D eigenvalue weighted by Crippen LogP contribution is -2.14. The molecule has 128 valence electrons. The first kappa shape index (κ1) is 17.4. The average Bonchev–Trinajstić information content (AvgIpc) is 3.02. The number of thioether (sulfide) groups is 1. The summed E-state index contributed by atoms with van der Waals surface area (Å²) in [7, 11) is 0. The summed E-state index contributed by atoms with van der Waals surface area (Å²) in [5, 5.41) is 8.00. The molecule has 0 radical (unpaired) electrons. The van der Waals surface area contributed by atoms with E-state index in [4.69, 9.17) is 16.1 Å². The number of aromatic nitrogens is 3. The Kier molecular flexibility index (Phi) is 5.35. The number of carbonyl (C=O) groups excluding carboxylic acids is 1. The molecule has 0 aliphatic heterocycles. The number of hydrogen-bond acceptors (Lipinski definition) is 6. The van der Waals surface area contributed by atoms with E-state index in [1.165, 1.54) is 11.8 Å². The van der Waals surface area contributed by atoms with E-state index in [0.29, 0.717) is 16.7 Å². The quantitative estimate of drug-likeness (QED) is 0.676. The summed E-state index contributed by atoms with van der Waals surface area (Å²) < 4.78 is 5.09. The minimum absolute atomic E-state index is 0.103. The Hall–Kier alpha value is -2.38. The van der Waals surface area contributed by atoms with Crippen LogP contribution in [0.25, 0.3) is 11.5 Å². The molecular formula is C17H15ClN4O2S. The minimum atomic E-state index is -0.103. The molecule has 0 aliphatic carbocycles. The zero-order valence-corrected chi connectivity index (χ0v) is 15.2. The standard InChI is InChI=1S/C17H15ClN4O2S/c1-10-7-13(18)4-5-14(10)21-15(23)9-25-16-6-3-12(8-19-16)17-20-11(2)22-24-17/h3-8H,9H2,1-2H3,(H,21,23). The summed E-state index contributed by atoms with van der Waals surface area (Å²) in [6.07, 6.45) is 1.65. The maximum atomic E-state index is 12.1. The molecule has 25 heavy (non-hydrogen) atoms. The fourth-order valence-electron chi connectivity index (χ4n) is 2.10. The van der Waals surface area contributed by atoms with E-state index in [1.54, 1.807) is 25.3 Å². The van der Waals surface area contributed by atoms with Crippen LogP contribution >= 0.6 is 23.4 Å². The largest absolute Gasteiger partial charge is 0.334 e. The molecule has 2 heterocycles. The number of nitrogens with one attached hydrogen (secondary N) is 1. The fourth-order valence-corrected chi connectivity index (χ4v) is 2.97. The highest BCUT2D eigenvalue weighted by molar-refractivity contribution is 7.99. The van der Waals surface area contributed by atoms with E-state index in [9.17, 15) is 4.79 Å². The van der Waals surface area contributed by atoms with Crippen molar-refractivity contribution in [1.29, 1.82) is 0 Å². The van der Waals surface area contributed by atoms with Gasteiger partial charge in [-0.2, -0.15) is 4.98 Å². The van der Waals surface area contributed by atoms with Crippen LogP contribution in [0.4, 0.5) is 5.69 Å². The fraction of sp³-hybridized carbons (Fsp3) is 0.176. The second-order valence-corrected chi connectivity index (χ2v) is 6.76. The summed E-state index contributed by atoms with van der Waals surface area (Å²) in [5.41, 5.74) is 2.42. The van der Waals surface area contributed by atoms with Crippen LogP contribution in [0.1, 0.15) is 11.4 Å². The average molecular weight is 375 g/mol. The Labute approximate surface area is 154 Å². The van der Waals surface area contributed by atoms with Crippen LogP contribution in [0, 0.1) is 13.8 Å². The molecule has 0 unspecified atom stereocenters. The van der Waals surface area contributed by atoms with E-state index in [2.05, 4.69) is 20.4 Å². The molecule has 3 aromatic rings. The van der Waals surface area contributed by atoms with Crippen molar-refractivity contribution in [3.63, 3.8) is 0 Å². The smallest absolute Gasteiger partial charge is 0.259 e. The summed E-state index contributed by atoms with van der Waals surface area (Å²) in [4.78, 5) is 20.5. The molecule has 1 aromatic carbocycles. The van der Waals surface area contributed by atoms with Crippen molar-refractivity contribution in [2.24, 2.45) is 0 Å². The van der Waals surface area contributed by atoms with E-state index >= 15 is 0 Å². The molecule has 0 atom stereocenters. The van der Waals surface area contributed by atoms with Gasteiger partial charge in [-0.25, -0.2) is 4.98 Å². The van der Waals surface area contributed by atoms with E-state index in [-0.39, 0.29) is 11.7 Å². The lowest BCUT2D eigenvalue weighted by Gasteiger charge is -2.08. The molecule has 0 aliphatic rings. The van der Waals surface area contributed by atoms with Gasteiger partial charge in [-0.3, -0.25) is 4.79 Å². The van der Waals surface area contributed by atoms with Gasteiger partial charge in [0.15, 0.2) is 5.82 Å². The van der Waals surface area contributed by atoms with Gasteiger partial charge in [0.25, 0.3) is 5.89 Å². The Balaban J connectivity index is 1.57. The Morgan fingerprint density at radius 3 is 2.76 bits per heavy atom. The molecule has 0 saturated heterocycles. The highest BCUT2D eigenvalue weighted by Gasteiger charge is 2.09. The third-order valence-corrected chi connectivity index (χ3v) is 4.50. The maximum absolute atomic E-state index is 12.1. The van der Waals surface area contributed by atoms with Crippen molar-refractivity contribution in [2.45, 2.75) is 18.9 Å². The molecule has 2 aromatic heterocycles. The van der Waals surface area contributed by atoms with Gasteiger partial charge < -0.3 is 9.84 Å². The highest BCUT2D eigenvalue weighted by Crippen LogP contribution is 2.22. The summed E-state index contributed by atoms with van der Waals surface area (Å²) >= 11 is 7.26. The lowest BCUT2D eigenvalue weighted by atomic mass is 10.2. The van der Waals surface area contributed by atoms with Crippen molar-refractivity contribution in [1.82, 2.24) is 15.1 Å². The number of pyridine rings is 1. The van der Waals surface area contributed by atoms with E-state index in [1.807, 2.05) is 25.1 Å². The number of hydrogen-bond donors (Lipinski definition) is 1. The second kappa shape index (κ2) is 7.67. The van der Waals surface area contributed by atoms with E-state index < -0.39 is 0 Å². The van der Waals surface area contributed by atoms with Crippen molar-refractivity contribution in [3.05, 3.63) is 52.9 Å². The third-order valence-electron chi connectivity index (χ3n) is 3.32. The number of nitrogens with zero attached hydrogens (tertiary/aromatic N) is 3. The molecule has 6 nitrogen and oxygen atoms in total. The molecule has 0 fully saturated rings. The van der Waals surface area contributed by atoms with Crippen LogP contribution in [-0.4, -0.2) is 26.8 Å². The lowest BCUT2D eigenvalue weighted by molar-refractivity contribution is -0.113. The van der Waals surface area contributed by atoms with Gasteiger partial charge in [0.2, 0.25) is 5.91 Å². The van der Waals surface area contributed by atoms with Crippen molar-refractivity contribution < 1.29 is 9.32 Å². The number of halogens is 1. The molecule has 0 spiro atoms. The molecule has 3 rings (SSSR count). The summed E-state index contributed by atoms with van der Waals surface area (Å²) in [5.74, 6) is 1.16. The molecule has 0 bridgehead atoms. The number of amides is 1. The normalized spacial score (nSPS) is 10.7. The SMILES string of the molecule is Cc1noc(-c2ccc(SCC(=O)Nc3ccc(Cl)cc3C)nc2)n1. The van der Waals surface area contributed by atoms with Crippen LogP contribution in [0.15, 0.2) is 46.1 Å². The first-order valence-corrected chi connectivity index (χ1v) is 8.83. The molecule has 0 saturated carbocycles. The number of carbonyl (C=O) groups is 1. The zero-order chi connectivity index (χ0) is 17.8. The van der Waals surface area contributed by atoms with Crippen molar-refractivity contribution in [3.8, 4) is 11.5 Å². The van der Waals surface area contributed by atoms with Gasteiger partial charge in [-0.15, -0.1) is 0 Å². The first-order chi connectivity index (χ1) is 12.0. The van der Waals surface area contributed by atoms with Crippen LogP contribution in [0.3, 0.4) is 0 Å². The molecule has 1 amide bonds. The Bertz CT molecular complexity index is 896. The van der Waals surface area contributed by atoms with Crippen molar-refractivity contribution >= 4 is 35.0 Å². The van der Waals surface area contributed by atoms with E-state index in [0.717, 1.165) is 21.8 Å². The van der Waals surface area contributed by atoms with Gasteiger partial charge in [-0.1, -0.05) is 28.5 Å². The second-order valence-electron chi connectivity index (χ2n) is 5.33. The Morgan fingerprint density at radius 2 is 2.12 bits per heavy atom. The van der Waals surface area contributed by atoms with Crippen LogP contribution in [0.2, 0.25) is 5.02 Å². The molecule has 1 N–H and O–H groups in total.